The van der Waals surface area contributed by atoms with Gasteiger partial charge in [-0.1, -0.05) is 47.0 Å². The Morgan fingerprint density at radius 1 is 1.14 bits per heavy atom. The SMILES string of the molecule is CCC(CCBr)Cc1cc(C(=O)OC)c(CN(CC(=O)OC)S(=O)(=O)c2ccc(C)cc2)[nH]c1=O. The second kappa shape index (κ2) is 13.0. The minimum absolute atomic E-state index is 0.0266. The number of rotatable bonds is 12. The van der Waals surface area contributed by atoms with Gasteiger partial charge in [-0.05, 0) is 43.9 Å². The van der Waals surface area contributed by atoms with Crippen molar-refractivity contribution in [2.75, 3.05) is 26.1 Å². The van der Waals surface area contributed by atoms with Gasteiger partial charge >= 0.3 is 11.9 Å². The number of alkyl halides is 1. The number of hydrogen-bond donors (Lipinski definition) is 1. The zero-order chi connectivity index (χ0) is 26.2. The van der Waals surface area contributed by atoms with E-state index in [9.17, 15) is 22.8 Å². The van der Waals surface area contributed by atoms with Gasteiger partial charge < -0.3 is 14.5 Å². The highest BCUT2D eigenvalue weighted by Crippen LogP contribution is 2.22. The Kier molecular flexibility index (Phi) is 10.7. The lowest BCUT2D eigenvalue weighted by Gasteiger charge is -2.22. The van der Waals surface area contributed by atoms with Crippen LogP contribution in [-0.4, -0.2) is 55.7 Å². The van der Waals surface area contributed by atoms with Crippen LogP contribution in [0, 0.1) is 12.8 Å². The Hall–Kier alpha value is -2.50. The van der Waals surface area contributed by atoms with Gasteiger partial charge in [0, 0.05) is 16.6 Å². The lowest BCUT2D eigenvalue weighted by Crippen LogP contribution is -2.37. The van der Waals surface area contributed by atoms with Gasteiger partial charge in [-0.3, -0.25) is 9.59 Å². The van der Waals surface area contributed by atoms with Crippen molar-refractivity contribution in [3.8, 4) is 0 Å². The summed E-state index contributed by atoms with van der Waals surface area (Å²) in [7, 11) is -1.82. The molecule has 0 bridgehead atoms. The van der Waals surface area contributed by atoms with E-state index >= 15 is 0 Å². The minimum Gasteiger partial charge on any atom is -0.468 e. The van der Waals surface area contributed by atoms with Crippen molar-refractivity contribution in [3.63, 3.8) is 0 Å². The highest BCUT2D eigenvalue weighted by molar-refractivity contribution is 9.09. The van der Waals surface area contributed by atoms with Gasteiger partial charge in [-0.15, -0.1) is 0 Å². The van der Waals surface area contributed by atoms with E-state index < -0.39 is 40.6 Å². The van der Waals surface area contributed by atoms with E-state index in [1.165, 1.54) is 25.3 Å². The number of halogens is 1. The average Bonchev–Trinajstić information content (AvgIpc) is 2.84. The molecule has 0 radical (unpaired) electrons. The fourth-order valence-electron chi connectivity index (χ4n) is 3.57. The van der Waals surface area contributed by atoms with E-state index in [-0.39, 0.29) is 22.1 Å². The number of aromatic nitrogens is 1. The molecule has 0 saturated carbocycles. The zero-order valence-electron chi connectivity index (χ0n) is 20.3. The molecule has 1 atom stereocenters. The molecule has 1 N–H and O–H groups in total. The Bertz CT molecular complexity index is 1190. The number of hydrogen-bond acceptors (Lipinski definition) is 7. The molecule has 0 amide bonds. The van der Waals surface area contributed by atoms with Crippen LogP contribution >= 0.6 is 15.9 Å². The fourth-order valence-corrected chi connectivity index (χ4v) is 5.57. The quantitative estimate of drug-likeness (QED) is 0.307. The van der Waals surface area contributed by atoms with Gasteiger partial charge in [-0.25, -0.2) is 13.2 Å². The molecule has 1 aromatic heterocycles. The number of sulfonamides is 1. The number of esters is 2. The highest BCUT2D eigenvalue weighted by Gasteiger charge is 2.30. The van der Waals surface area contributed by atoms with Crippen LogP contribution in [0.15, 0.2) is 40.0 Å². The van der Waals surface area contributed by atoms with Gasteiger partial charge in [0.2, 0.25) is 10.0 Å². The minimum atomic E-state index is -4.17. The molecule has 11 heteroatoms. The number of H-pyrrole nitrogens is 1. The number of carbonyl (C=O) groups is 2. The first-order chi connectivity index (χ1) is 16.6. The first-order valence-electron chi connectivity index (χ1n) is 11.1. The first kappa shape index (κ1) is 28.7. The second-order valence-corrected chi connectivity index (χ2v) is 10.9. The first-order valence-corrected chi connectivity index (χ1v) is 13.7. The number of nitrogens with one attached hydrogen (secondary N) is 1. The lowest BCUT2D eigenvalue weighted by atomic mass is 9.94. The Balaban J connectivity index is 2.56. The van der Waals surface area contributed by atoms with Crippen LogP contribution in [0.1, 0.15) is 46.9 Å². The average molecular weight is 571 g/mol. The van der Waals surface area contributed by atoms with Gasteiger partial charge in [0.25, 0.3) is 5.56 Å². The van der Waals surface area contributed by atoms with Gasteiger partial charge in [0.05, 0.1) is 31.2 Å². The molecule has 1 heterocycles. The van der Waals surface area contributed by atoms with E-state index in [0.29, 0.717) is 12.0 Å². The van der Waals surface area contributed by atoms with E-state index in [2.05, 4.69) is 25.7 Å². The Morgan fingerprint density at radius 3 is 2.34 bits per heavy atom. The van der Waals surface area contributed by atoms with E-state index in [0.717, 1.165) is 35.2 Å². The molecule has 35 heavy (non-hydrogen) atoms. The molecular formula is C24H31BrN2O7S. The molecular weight excluding hydrogens is 540 g/mol. The van der Waals surface area contributed by atoms with Crippen LogP contribution in [0.5, 0.6) is 0 Å². The summed E-state index contributed by atoms with van der Waals surface area (Å²) >= 11 is 3.42. The van der Waals surface area contributed by atoms with Crippen molar-refractivity contribution >= 4 is 37.9 Å². The number of benzene rings is 1. The molecule has 0 fully saturated rings. The summed E-state index contributed by atoms with van der Waals surface area (Å²) in [5.41, 5.74) is 0.902. The maximum atomic E-state index is 13.4. The molecule has 1 aromatic carbocycles. The molecule has 1 unspecified atom stereocenters. The fraction of sp³-hybridized carbons (Fsp3) is 0.458. The van der Waals surface area contributed by atoms with Crippen molar-refractivity contribution in [2.24, 2.45) is 5.92 Å². The smallest absolute Gasteiger partial charge is 0.339 e. The normalized spacial score (nSPS) is 12.4. The van der Waals surface area contributed by atoms with Crippen molar-refractivity contribution in [3.05, 3.63) is 63.1 Å². The van der Waals surface area contributed by atoms with Crippen molar-refractivity contribution < 1.29 is 27.5 Å². The monoisotopic (exact) mass is 570 g/mol. The third-order valence-corrected chi connectivity index (χ3v) is 8.00. The number of methoxy groups -OCH3 is 2. The summed E-state index contributed by atoms with van der Waals surface area (Å²) in [6.07, 6.45) is 2.16. The third-order valence-electron chi connectivity index (χ3n) is 5.73. The summed E-state index contributed by atoms with van der Waals surface area (Å²) in [5.74, 6) is -1.29. The Morgan fingerprint density at radius 2 is 1.80 bits per heavy atom. The van der Waals surface area contributed by atoms with Crippen LogP contribution in [0.25, 0.3) is 0 Å². The molecule has 0 aliphatic heterocycles. The summed E-state index contributed by atoms with van der Waals surface area (Å²) in [5, 5.41) is 0.782. The summed E-state index contributed by atoms with van der Waals surface area (Å²) in [4.78, 5) is 40.2. The topological polar surface area (TPSA) is 123 Å². The number of aromatic amines is 1. The van der Waals surface area contributed by atoms with Crippen LogP contribution in [0.3, 0.4) is 0 Å². The largest absolute Gasteiger partial charge is 0.468 e. The maximum absolute atomic E-state index is 13.4. The molecule has 9 nitrogen and oxygen atoms in total. The summed E-state index contributed by atoms with van der Waals surface area (Å²) in [6.45, 7) is 2.79. The zero-order valence-corrected chi connectivity index (χ0v) is 22.7. The van der Waals surface area contributed by atoms with Crippen molar-refractivity contribution in [1.29, 1.82) is 0 Å². The summed E-state index contributed by atoms with van der Waals surface area (Å²) < 4.78 is 37.2. The van der Waals surface area contributed by atoms with Crippen LogP contribution in [0.4, 0.5) is 0 Å². The predicted molar refractivity (Wildman–Crippen MR) is 135 cm³/mol. The molecule has 192 valence electrons. The van der Waals surface area contributed by atoms with Crippen LogP contribution in [0.2, 0.25) is 0 Å². The number of pyridine rings is 1. The number of ether oxygens (including phenoxy) is 2. The second-order valence-electron chi connectivity index (χ2n) is 8.13. The molecule has 2 aromatic rings. The summed E-state index contributed by atoms with van der Waals surface area (Å²) in [6, 6.07) is 7.58. The Labute approximate surface area is 214 Å². The van der Waals surface area contributed by atoms with Gasteiger partial charge in [-0.2, -0.15) is 4.31 Å². The standard InChI is InChI=1S/C24H31BrN2O7S/c1-5-17(10-11-25)12-18-13-20(24(30)34-4)21(26-23(18)29)14-27(15-22(28)33-3)35(31,32)19-8-6-16(2)7-9-19/h6-9,13,17H,5,10-12,14-15H2,1-4H3,(H,26,29). The van der Waals surface area contributed by atoms with Crippen molar-refractivity contribution in [2.45, 2.75) is 44.6 Å². The molecule has 0 saturated heterocycles. The number of carbonyl (C=O) groups excluding carboxylic acids is 2. The van der Waals surface area contributed by atoms with E-state index in [1.54, 1.807) is 12.1 Å². The maximum Gasteiger partial charge on any atom is 0.339 e. The molecule has 0 aliphatic carbocycles. The highest BCUT2D eigenvalue weighted by atomic mass is 79.9. The lowest BCUT2D eigenvalue weighted by molar-refractivity contribution is -0.140. The molecule has 0 spiro atoms. The van der Waals surface area contributed by atoms with Crippen LogP contribution in [-0.2, 0) is 37.3 Å². The van der Waals surface area contributed by atoms with E-state index in [1.807, 2.05) is 13.8 Å². The van der Waals surface area contributed by atoms with Gasteiger partial charge in [0.1, 0.15) is 6.54 Å². The molecule has 2 rings (SSSR count). The van der Waals surface area contributed by atoms with E-state index in [4.69, 9.17) is 4.74 Å². The number of nitrogens with zero attached hydrogens (tertiary/aromatic N) is 1. The van der Waals surface area contributed by atoms with Gasteiger partial charge in [0.15, 0.2) is 0 Å². The predicted octanol–water partition coefficient (Wildman–Crippen LogP) is 3.19. The van der Waals surface area contributed by atoms with Crippen LogP contribution < -0.4 is 5.56 Å². The molecule has 0 aliphatic rings. The van der Waals surface area contributed by atoms with Crippen molar-refractivity contribution in [1.82, 2.24) is 9.29 Å². The number of aryl methyl sites for hydroxylation is 1. The third kappa shape index (κ3) is 7.49.